The third-order valence-corrected chi connectivity index (χ3v) is 3.13. The van der Waals surface area contributed by atoms with Gasteiger partial charge in [0.1, 0.15) is 6.04 Å². The van der Waals surface area contributed by atoms with E-state index in [9.17, 15) is 9.59 Å². The number of carboxylic acids is 1. The Morgan fingerprint density at radius 1 is 1.44 bits per heavy atom. The number of carbonyl (C=O) groups excluding carboxylic acids is 1. The molecule has 98 valence electrons. The lowest BCUT2D eigenvalue weighted by molar-refractivity contribution is -0.139. The molecular formula is C13H17NO3S. The van der Waals surface area contributed by atoms with Crippen molar-refractivity contribution in [3.63, 3.8) is 0 Å². The summed E-state index contributed by atoms with van der Waals surface area (Å²) in [5.74, 6) is -0.518. The summed E-state index contributed by atoms with van der Waals surface area (Å²) in [6, 6.07) is 6.40. The fraction of sp³-hybridized carbons (Fsp3) is 0.385. The van der Waals surface area contributed by atoms with Crippen LogP contribution in [0.15, 0.2) is 24.3 Å². The fourth-order valence-corrected chi connectivity index (χ4v) is 2.06. The first-order valence-electron chi connectivity index (χ1n) is 5.70. The molecule has 2 N–H and O–H groups in total. The first kappa shape index (κ1) is 14.6. The molecule has 0 aromatic heterocycles. The maximum Gasteiger partial charge on any atom is 0.326 e. The van der Waals surface area contributed by atoms with Gasteiger partial charge in [-0.15, -0.1) is 0 Å². The molecule has 0 aliphatic carbocycles. The topological polar surface area (TPSA) is 66.4 Å². The Labute approximate surface area is 111 Å². The van der Waals surface area contributed by atoms with Crippen LogP contribution in [-0.4, -0.2) is 29.3 Å². The van der Waals surface area contributed by atoms with Crippen LogP contribution in [0.5, 0.6) is 0 Å². The van der Waals surface area contributed by atoms with E-state index in [0.717, 1.165) is 11.3 Å². The first-order valence-corrected chi connectivity index (χ1v) is 7.09. The van der Waals surface area contributed by atoms with Crippen molar-refractivity contribution in [1.82, 2.24) is 5.32 Å². The van der Waals surface area contributed by atoms with E-state index >= 15 is 0 Å². The lowest BCUT2D eigenvalue weighted by atomic mass is 10.1. The Morgan fingerprint density at radius 2 is 2.17 bits per heavy atom. The van der Waals surface area contributed by atoms with E-state index in [4.69, 9.17) is 5.11 Å². The molecule has 0 aliphatic heterocycles. The Balaban J connectivity index is 2.77. The normalized spacial score (nSPS) is 11.9. The van der Waals surface area contributed by atoms with E-state index in [1.807, 2.05) is 18.4 Å². The molecule has 1 amide bonds. The molecule has 0 fully saturated rings. The largest absolute Gasteiger partial charge is 0.480 e. The second-order valence-corrected chi connectivity index (χ2v) is 4.77. The van der Waals surface area contributed by atoms with Gasteiger partial charge in [0.25, 0.3) is 5.91 Å². The number of benzene rings is 1. The Bertz CT molecular complexity index is 434. The summed E-state index contributed by atoms with van der Waals surface area (Å²) in [5.41, 5.74) is 1.56. The van der Waals surface area contributed by atoms with Crippen molar-refractivity contribution >= 4 is 23.6 Å². The molecule has 0 unspecified atom stereocenters. The van der Waals surface area contributed by atoms with Crippen LogP contribution in [0.4, 0.5) is 0 Å². The highest BCUT2D eigenvalue weighted by molar-refractivity contribution is 7.97. The third kappa shape index (κ3) is 4.07. The number of carboxylic acid groups (broad SMARTS) is 1. The van der Waals surface area contributed by atoms with Crippen molar-refractivity contribution in [2.45, 2.75) is 25.1 Å². The summed E-state index contributed by atoms with van der Waals surface area (Å²) in [6.07, 6.45) is 2.36. The Kier molecular flexibility index (Phi) is 5.71. The molecule has 1 atom stereocenters. The minimum atomic E-state index is -1.01. The van der Waals surface area contributed by atoms with E-state index < -0.39 is 12.0 Å². The second-order valence-electron chi connectivity index (χ2n) is 3.91. The zero-order valence-corrected chi connectivity index (χ0v) is 11.3. The molecule has 1 aromatic carbocycles. The van der Waals surface area contributed by atoms with Crippen molar-refractivity contribution < 1.29 is 14.7 Å². The van der Waals surface area contributed by atoms with Gasteiger partial charge in [-0.1, -0.05) is 19.1 Å². The summed E-state index contributed by atoms with van der Waals surface area (Å²) in [4.78, 5) is 22.7. The minimum Gasteiger partial charge on any atom is -0.480 e. The minimum absolute atomic E-state index is 0.341. The molecule has 1 rings (SSSR count). The van der Waals surface area contributed by atoms with Crippen LogP contribution in [-0.2, 0) is 10.5 Å². The van der Waals surface area contributed by atoms with E-state index in [1.54, 1.807) is 30.8 Å². The predicted octanol–water partition coefficient (Wildman–Crippen LogP) is 2.14. The van der Waals surface area contributed by atoms with E-state index in [0.29, 0.717) is 12.0 Å². The average molecular weight is 267 g/mol. The zero-order chi connectivity index (χ0) is 13.5. The van der Waals surface area contributed by atoms with Gasteiger partial charge in [-0.05, 0) is 30.4 Å². The molecule has 0 saturated carbocycles. The molecule has 4 nitrogen and oxygen atoms in total. The number of carbonyl (C=O) groups is 2. The summed E-state index contributed by atoms with van der Waals surface area (Å²) in [5, 5.41) is 11.4. The van der Waals surface area contributed by atoms with Gasteiger partial charge in [-0.2, -0.15) is 11.8 Å². The van der Waals surface area contributed by atoms with Crippen molar-refractivity contribution in [1.29, 1.82) is 0 Å². The maximum atomic E-state index is 11.9. The summed E-state index contributed by atoms with van der Waals surface area (Å²) in [6.45, 7) is 1.73. The van der Waals surface area contributed by atoms with Gasteiger partial charge in [-0.25, -0.2) is 4.79 Å². The van der Waals surface area contributed by atoms with Gasteiger partial charge in [0.05, 0.1) is 0 Å². The highest BCUT2D eigenvalue weighted by Crippen LogP contribution is 2.11. The van der Waals surface area contributed by atoms with Crippen molar-refractivity contribution in [2.75, 3.05) is 6.26 Å². The number of thioether (sulfide) groups is 1. The molecule has 0 aliphatic rings. The maximum absolute atomic E-state index is 11.9. The van der Waals surface area contributed by atoms with Crippen LogP contribution < -0.4 is 5.32 Å². The van der Waals surface area contributed by atoms with Crippen LogP contribution in [0, 0.1) is 0 Å². The Morgan fingerprint density at radius 3 is 2.72 bits per heavy atom. The van der Waals surface area contributed by atoms with Gasteiger partial charge >= 0.3 is 5.97 Å². The molecule has 0 heterocycles. The van der Waals surface area contributed by atoms with E-state index in [-0.39, 0.29) is 5.91 Å². The van der Waals surface area contributed by atoms with Gasteiger partial charge in [0, 0.05) is 11.3 Å². The van der Waals surface area contributed by atoms with Crippen LogP contribution in [0.3, 0.4) is 0 Å². The van der Waals surface area contributed by atoms with E-state index in [2.05, 4.69) is 5.32 Å². The number of aliphatic carboxylic acids is 1. The first-order chi connectivity index (χ1) is 8.58. The number of rotatable bonds is 6. The number of hydrogen-bond acceptors (Lipinski definition) is 3. The number of hydrogen-bond donors (Lipinski definition) is 2. The lowest BCUT2D eigenvalue weighted by Gasteiger charge is -2.12. The summed E-state index contributed by atoms with van der Waals surface area (Å²) >= 11 is 1.67. The molecule has 18 heavy (non-hydrogen) atoms. The van der Waals surface area contributed by atoms with Crippen molar-refractivity contribution in [2.24, 2.45) is 0 Å². The third-order valence-electron chi connectivity index (χ3n) is 2.51. The molecule has 0 bridgehead atoms. The molecule has 0 spiro atoms. The quantitative estimate of drug-likeness (QED) is 0.828. The predicted molar refractivity (Wildman–Crippen MR) is 72.8 cm³/mol. The second kappa shape index (κ2) is 7.06. The average Bonchev–Trinajstić information content (AvgIpc) is 2.36. The molecular weight excluding hydrogens is 250 g/mol. The SMILES string of the molecule is CC[C@@H](NC(=O)c1cccc(CSC)c1)C(=O)O. The van der Waals surface area contributed by atoms with Gasteiger partial charge in [-0.3, -0.25) is 4.79 Å². The van der Waals surface area contributed by atoms with Gasteiger partial charge in [0.15, 0.2) is 0 Å². The highest BCUT2D eigenvalue weighted by Gasteiger charge is 2.18. The lowest BCUT2D eigenvalue weighted by Crippen LogP contribution is -2.40. The van der Waals surface area contributed by atoms with E-state index in [1.165, 1.54) is 0 Å². The Hall–Kier alpha value is -1.49. The van der Waals surface area contributed by atoms with Crippen molar-refractivity contribution in [3.8, 4) is 0 Å². The van der Waals surface area contributed by atoms with Crippen molar-refractivity contribution in [3.05, 3.63) is 35.4 Å². The van der Waals surface area contributed by atoms with Gasteiger partial charge in [0.2, 0.25) is 0 Å². The van der Waals surface area contributed by atoms with Gasteiger partial charge < -0.3 is 10.4 Å². The van der Waals surface area contributed by atoms with Crippen LogP contribution in [0.25, 0.3) is 0 Å². The summed E-state index contributed by atoms with van der Waals surface area (Å²) in [7, 11) is 0. The highest BCUT2D eigenvalue weighted by atomic mass is 32.2. The smallest absolute Gasteiger partial charge is 0.326 e. The zero-order valence-electron chi connectivity index (χ0n) is 10.5. The monoisotopic (exact) mass is 267 g/mol. The molecule has 0 radical (unpaired) electrons. The summed E-state index contributed by atoms with van der Waals surface area (Å²) < 4.78 is 0. The molecule has 5 heteroatoms. The van der Waals surface area contributed by atoms with Crippen LogP contribution in [0.1, 0.15) is 29.3 Å². The standard InChI is InChI=1S/C13H17NO3S/c1-3-11(13(16)17)14-12(15)10-6-4-5-9(7-10)8-18-2/h4-7,11H,3,8H2,1-2H3,(H,14,15)(H,16,17)/t11-/m1/s1. The number of amides is 1. The molecule has 0 saturated heterocycles. The molecule has 1 aromatic rings. The fourth-order valence-electron chi connectivity index (χ4n) is 1.55. The number of nitrogens with one attached hydrogen (secondary N) is 1. The van der Waals surface area contributed by atoms with Crippen LogP contribution >= 0.6 is 11.8 Å². The van der Waals surface area contributed by atoms with Crippen LogP contribution in [0.2, 0.25) is 0 Å².